The van der Waals surface area contributed by atoms with Crippen LogP contribution in [0.5, 0.6) is 0 Å². The minimum atomic E-state index is -9.88. The number of hydrogen-bond acceptors (Lipinski definition) is 4. The Balaban J connectivity index is 4.64. The van der Waals surface area contributed by atoms with Crippen LogP contribution in [-0.2, 0) is 16.6 Å². The lowest BCUT2D eigenvalue weighted by Gasteiger charge is -2.44. The smallest absolute Gasteiger partial charge is 0.423 e. The number of carbonyl (C=O) groups excluding carboxylic acids is 1. The number of nitrogens with two attached hydrogens (primary N) is 1. The van der Waals surface area contributed by atoms with Gasteiger partial charge in [-0.05, 0) is 6.07 Å². The summed E-state index contributed by atoms with van der Waals surface area (Å²) in [6, 6.07) is -3.40. The van der Waals surface area contributed by atoms with Crippen LogP contribution in [0.2, 0.25) is 0 Å². The van der Waals surface area contributed by atoms with Gasteiger partial charge < -0.3 is 21.1 Å². The van der Waals surface area contributed by atoms with Crippen molar-refractivity contribution >= 4 is 24.2 Å². The molecule has 1 aromatic rings. The second kappa shape index (κ2) is 16.8. The average molecular weight is 1130 g/mol. The van der Waals surface area contributed by atoms with Gasteiger partial charge in [-0.1, -0.05) is 6.07 Å². The number of nitrogens with one attached hydrogen (secondary N) is 1. The predicted octanol–water partition coefficient (Wildman–Crippen LogP) is 10.5. The number of hydrogen-bond donors (Lipinski definition) is 4. The van der Waals surface area contributed by atoms with Crippen LogP contribution in [0.1, 0.15) is 11.1 Å². The first-order chi connectivity index (χ1) is 29.9. The highest BCUT2D eigenvalue weighted by Gasteiger charge is 2.99. The molecule has 0 aliphatic rings. The van der Waals surface area contributed by atoms with Crippen LogP contribution >= 0.6 is 0 Å². The highest BCUT2D eigenvalue weighted by molar-refractivity contribution is 6.60. The van der Waals surface area contributed by atoms with Crippen molar-refractivity contribution in [2.45, 2.75) is 107 Å². The Morgan fingerprint density at radius 2 is 0.614 bits per heavy atom. The van der Waals surface area contributed by atoms with E-state index in [0.29, 0.717) is 0 Å². The summed E-state index contributed by atoms with van der Waals surface area (Å²) in [7, 11) is -5.44. The lowest BCUT2D eigenvalue weighted by atomic mass is 9.68. The molecule has 0 saturated carbocycles. The van der Waals surface area contributed by atoms with Crippen LogP contribution in [0.4, 0.5) is 173 Å². The first-order valence-electron chi connectivity index (χ1n) is 15.6. The Hall–Kier alpha value is -4.03. The molecule has 1 amide bonds. The predicted molar refractivity (Wildman–Crippen MR) is 143 cm³/mol. The van der Waals surface area contributed by atoms with Gasteiger partial charge >= 0.3 is 114 Å². The van der Waals surface area contributed by atoms with E-state index in [1.165, 1.54) is 0 Å². The molecule has 0 aliphatic carbocycles. The molecule has 0 unspecified atom stereocenters. The third kappa shape index (κ3) is 7.92. The first kappa shape index (κ1) is 64.0. The van der Waals surface area contributed by atoms with Crippen molar-refractivity contribution < 1.29 is 182 Å². The van der Waals surface area contributed by atoms with E-state index >= 15 is 26.3 Å². The molecule has 0 fully saturated rings. The molecular formula is C26H9BF38N2O3. The normalized spacial score (nSPS) is 16.2. The molecule has 70 heavy (non-hydrogen) atoms. The largest absolute Gasteiger partial charge is 0.489 e. The van der Waals surface area contributed by atoms with Crippen molar-refractivity contribution in [1.29, 1.82) is 0 Å². The van der Waals surface area contributed by atoms with Gasteiger partial charge in [-0.2, -0.15) is 167 Å². The Kier molecular flexibility index (Phi) is 15.3. The summed E-state index contributed by atoms with van der Waals surface area (Å²) in [5.41, 5.74) is -12.8. The number of amides is 1. The summed E-state index contributed by atoms with van der Waals surface area (Å²) in [4.78, 5) is 11.7. The van der Waals surface area contributed by atoms with Crippen LogP contribution in [0.3, 0.4) is 0 Å². The highest BCUT2D eigenvalue weighted by Crippen LogP contribution is 2.69. The number of benzene rings is 1. The topological polar surface area (TPSA) is 95.6 Å². The van der Waals surface area contributed by atoms with E-state index in [4.69, 9.17) is 0 Å². The van der Waals surface area contributed by atoms with Gasteiger partial charge in [0.2, 0.25) is 5.91 Å². The van der Waals surface area contributed by atoms with Gasteiger partial charge in [0, 0.05) is 16.7 Å². The molecule has 5 nitrogen and oxygen atoms in total. The molecule has 1 aromatic carbocycles. The van der Waals surface area contributed by atoms with E-state index in [2.05, 4.69) is 5.73 Å². The van der Waals surface area contributed by atoms with E-state index in [1.807, 2.05) is 0 Å². The maximum Gasteiger partial charge on any atom is 0.489 e. The van der Waals surface area contributed by atoms with Crippen LogP contribution < -0.4 is 16.5 Å². The zero-order chi connectivity index (χ0) is 57.3. The van der Waals surface area contributed by atoms with Crippen molar-refractivity contribution in [3.8, 4) is 0 Å². The Labute approximate surface area is 355 Å². The highest BCUT2D eigenvalue weighted by atomic mass is 19.4. The lowest BCUT2D eigenvalue weighted by Crippen LogP contribution is -2.76. The molecule has 0 atom stereocenters. The standard InChI is InChI=1S/C26H9BF38N2O3/c28-9(29,11(32,33)13(36,37)15(40,41)17(44,45)19(48,49)21(52,53)23(56,57)25(60,61)62)4-1-2-5(67-6(68)3-66)7(8(4)27(69)70)10(30,31)12(34,35)14(38,39)16(42,43)18(46,47)20(50,51)22(54,55)24(58,59)26(63,64)65/h1-2,69-70H,3,66H2,(H,67,68). The summed E-state index contributed by atoms with van der Waals surface area (Å²) in [5.74, 6) is -154. The third-order valence-electron chi connectivity index (χ3n) is 8.85. The fourth-order valence-corrected chi connectivity index (χ4v) is 4.85. The third-order valence-corrected chi connectivity index (χ3v) is 8.85. The van der Waals surface area contributed by atoms with Gasteiger partial charge in [-0.25, -0.2) is 0 Å². The molecule has 44 heteroatoms. The van der Waals surface area contributed by atoms with Gasteiger partial charge in [-0.3, -0.25) is 4.79 Å². The maximum absolute atomic E-state index is 15.6. The van der Waals surface area contributed by atoms with Crippen molar-refractivity contribution in [2.75, 3.05) is 11.9 Å². The van der Waals surface area contributed by atoms with Gasteiger partial charge in [0.05, 0.1) is 12.1 Å². The number of rotatable bonds is 19. The molecule has 0 aromatic heterocycles. The summed E-state index contributed by atoms with van der Waals surface area (Å²) in [5, 5.41) is 19.0. The quantitative estimate of drug-likeness (QED) is 0.0820. The van der Waals surface area contributed by atoms with Crippen LogP contribution in [0.25, 0.3) is 0 Å². The Morgan fingerprint density at radius 1 is 0.386 bits per heavy atom. The van der Waals surface area contributed by atoms with Gasteiger partial charge in [0.1, 0.15) is 0 Å². The van der Waals surface area contributed by atoms with Crippen molar-refractivity contribution in [3.05, 3.63) is 23.3 Å². The fraction of sp³-hybridized carbons (Fsp3) is 0.731. The van der Waals surface area contributed by atoms with E-state index in [0.717, 1.165) is 0 Å². The first-order valence-corrected chi connectivity index (χ1v) is 15.6. The summed E-state index contributed by atoms with van der Waals surface area (Å²) in [6.07, 6.45) is -16.8. The maximum atomic E-state index is 15.6. The number of carbonyl (C=O) groups is 1. The van der Waals surface area contributed by atoms with Crippen molar-refractivity contribution in [3.63, 3.8) is 0 Å². The molecule has 0 radical (unpaired) electrons. The molecule has 0 saturated heterocycles. The molecule has 410 valence electrons. The summed E-state index contributed by atoms with van der Waals surface area (Å²) in [6.45, 7) is -2.03. The van der Waals surface area contributed by atoms with E-state index < -0.39 is 161 Å². The molecule has 0 spiro atoms. The SMILES string of the molecule is NCC(=O)Nc1ccc(C(F)(F)C(F)(F)C(F)(F)C(F)(F)C(F)(F)C(F)(F)C(F)(F)C(F)(F)C(F)(F)F)c(B(O)O)c1C(F)(F)C(F)(F)C(F)(F)C(F)(F)C(F)(F)C(F)(F)C(F)(F)C(F)(F)C(F)(F)F. The zero-order valence-corrected chi connectivity index (χ0v) is 30.7. The van der Waals surface area contributed by atoms with Crippen molar-refractivity contribution in [1.82, 2.24) is 0 Å². The van der Waals surface area contributed by atoms with Crippen molar-refractivity contribution in [2.24, 2.45) is 5.73 Å². The Morgan fingerprint density at radius 3 is 0.843 bits per heavy atom. The van der Waals surface area contributed by atoms with Crippen LogP contribution in [-0.4, -0.2) is 125 Å². The number of alkyl halides is 38. The van der Waals surface area contributed by atoms with Crippen LogP contribution in [0, 0.1) is 0 Å². The monoisotopic (exact) mass is 1130 g/mol. The lowest BCUT2D eigenvalue weighted by molar-refractivity contribution is -0.469. The minimum Gasteiger partial charge on any atom is -0.423 e. The van der Waals surface area contributed by atoms with E-state index in [1.54, 1.807) is 0 Å². The summed E-state index contributed by atoms with van der Waals surface area (Å²) < 4.78 is 531. The number of halogens is 38. The molecule has 0 bridgehead atoms. The summed E-state index contributed by atoms with van der Waals surface area (Å²) >= 11 is 0. The van der Waals surface area contributed by atoms with E-state index in [9.17, 15) is 155 Å². The van der Waals surface area contributed by atoms with Crippen LogP contribution in [0.15, 0.2) is 12.1 Å². The molecule has 0 aliphatic heterocycles. The second-order valence-corrected chi connectivity index (χ2v) is 13.3. The molecule has 5 N–H and O–H groups in total. The van der Waals surface area contributed by atoms with E-state index in [-0.39, 0.29) is 5.32 Å². The minimum absolute atomic E-state index is 0.290. The fourth-order valence-electron chi connectivity index (χ4n) is 4.85. The molecular weight excluding hydrogens is 1120 g/mol. The second-order valence-electron chi connectivity index (χ2n) is 13.3. The van der Waals surface area contributed by atoms with Gasteiger partial charge in [-0.15, -0.1) is 0 Å². The zero-order valence-electron chi connectivity index (χ0n) is 30.7. The molecule has 0 heterocycles. The number of anilines is 1. The Bertz CT molecular complexity index is 2100. The average Bonchev–Trinajstić information content (AvgIpc) is 3.15. The van der Waals surface area contributed by atoms with Gasteiger partial charge in [0.15, 0.2) is 0 Å². The molecule has 1 rings (SSSR count). The van der Waals surface area contributed by atoms with Gasteiger partial charge in [0.25, 0.3) is 0 Å².